The number of nitrogens with zero attached hydrogens (tertiary/aromatic N) is 2. The lowest BCUT2D eigenvalue weighted by atomic mass is 10.2. The monoisotopic (exact) mass is 300 g/mol. The molecule has 84 valence electrons. The molecule has 3 nitrogen and oxygen atoms in total. The highest BCUT2D eigenvalue weighted by Crippen LogP contribution is 2.29. The molecular formula is C11H10BrClN2O. The van der Waals surface area contributed by atoms with E-state index in [-0.39, 0.29) is 0 Å². The van der Waals surface area contributed by atoms with Gasteiger partial charge >= 0.3 is 0 Å². The first-order valence-corrected chi connectivity index (χ1v) is 6.15. The Morgan fingerprint density at radius 1 is 1.38 bits per heavy atom. The Kier molecular flexibility index (Phi) is 3.61. The van der Waals surface area contributed by atoms with Crippen molar-refractivity contribution in [1.29, 1.82) is 0 Å². The first-order chi connectivity index (χ1) is 7.70. The second-order valence-corrected chi connectivity index (χ2v) is 4.67. The zero-order valence-electron chi connectivity index (χ0n) is 8.70. The Labute approximate surface area is 107 Å². The smallest absolute Gasteiger partial charge is 0.248 e. The lowest BCUT2D eigenvalue weighted by molar-refractivity contribution is 0.502. The zero-order valence-corrected chi connectivity index (χ0v) is 11.0. The van der Waals surface area contributed by atoms with Crippen LogP contribution in [0, 0.1) is 0 Å². The Bertz CT molecular complexity index is 498. The number of hydrogen-bond donors (Lipinski definition) is 0. The molecule has 1 aromatic heterocycles. The normalized spacial score (nSPS) is 10.7. The summed E-state index contributed by atoms with van der Waals surface area (Å²) in [6.07, 6.45) is 1.78. The molecular weight excluding hydrogens is 291 g/mol. The minimum atomic E-state index is 0.498. The van der Waals surface area contributed by atoms with Gasteiger partial charge in [0.25, 0.3) is 0 Å². The van der Waals surface area contributed by atoms with E-state index in [9.17, 15) is 0 Å². The van der Waals surface area contributed by atoms with Gasteiger partial charge in [-0.15, -0.1) is 10.2 Å². The molecule has 0 saturated heterocycles. The summed E-state index contributed by atoms with van der Waals surface area (Å²) < 4.78 is 6.43. The van der Waals surface area contributed by atoms with Gasteiger partial charge in [-0.2, -0.15) is 0 Å². The number of rotatable bonds is 3. The molecule has 2 rings (SSSR count). The first kappa shape index (κ1) is 11.6. The molecule has 0 atom stereocenters. The molecule has 0 unspecified atom stereocenters. The van der Waals surface area contributed by atoms with E-state index in [1.807, 2.05) is 6.07 Å². The molecule has 0 aliphatic rings. The van der Waals surface area contributed by atoms with Gasteiger partial charge in [0.05, 0.1) is 5.56 Å². The van der Waals surface area contributed by atoms with E-state index >= 15 is 0 Å². The summed E-state index contributed by atoms with van der Waals surface area (Å²) in [7, 11) is 0. The van der Waals surface area contributed by atoms with E-state index in [2.05, 4.69) is 33.1 Å². The van der Waals surface area contributed by atoms with Gasteiger partial charge in [0.15, 0.2) is 0 Å². The van der Waals surface area contributed by atoms with Crippen LogP contribution in [0.5, 0.6) is 0 Å². The molecule has 0 aliphatic heterocycles. The third-order valence-corrected chi connectivity index (χ3v) is 3.02. The van der Waals surface area contributed by atoms with Crippen molar-refractivity contribution in [3.8, 4) is 11.5 Å². The molecule has 1 aromatic carbocycles. The van der Waals surface area contributed by atoms with Crippen LogP contribution in [0.2, 0.25) is 5.02 Å². The van der Waals surface area contributed by atoms with Gasteiger partial charge < -0.3 is 4.42 Å². The Balaban J connectivity index is 2.38. The number of aromatic nitrogens is 2. The van der Waals surface area contributed by atoms with Crippen LogP contribution in [0.15, 0.2) is 27.1 Å². The molecule has 2 aromatic rings. The Morgan fingerprint density at radius 2 is 2.19 bits per heavy atom. The van der Waals surface area contributed by atoms with E-state index in [0.717, 1.165) is 22.9 Å². The molecule has 0 fully saturated rings. The van der Waals surface area contributed by atoms with Crippen molar-refractivity contribution in [1.82, 2.24) is 10.2 Å². The van der Waals surface area contributed by atoms with Gasteiger partial charge in [-0.1, -0.05) is 18.5 Å². The van der Waals surface area contributed by atoms with E-state index in [0.29, 0.717) is 16.8 Å². The lowest BCUT2D eigenvalue weighted by Crippen LogP contribution is -1.80. The predicted molar refractivity (Wildman–Crippen MR) is 66.4 cm³/mol. The van der Waals surface area contributed by atoms with Gasteiger partial charge in [0.2, 0.25) is 11.8 Å². The minimum absolute atomic E-state index is 0.498. The van der Waals surface area contributed by atoms with Gasteiger partial charge in [0.1, 0.15) is 0 Å². The number of halogens is 2. The molecule has 0 radical (unpaired) electrons. The summed E-state index contributed by atoms with van der Waals surface area (Å²) in [5.74, 6) is 1.15. The molecule has 0 amide bonds. The average Bonchev–Trinajstić information content (AvgIpc) is 2.71. The van der Waals surface area contributed by atoms with Crippen molar-refractivity contribution in [2.45, 2.75) is 19.8 Å². The third kappa shape index (κ3) is 2.44. The van der Waals surface area contributed by atoms with E-state index in [4.69, 9.17) is 16.0 Å². The summed E-state index contributed by atoms with van der Waals surface area (Å²) in [6, 6.07) is 5.47. The summed E-state index contributed by atoms with van der Waals surface area (Å²) in [6.45, 7) is 2.07. The van der Waals surface area contributed by atoms with Crippen molar-refractivity contribution in [3.63, 3.8) is 0 Å². The van der Waals surface area contributed by atoms with E-state index in [1.165, 1.54) is 0 Å². The highest BCUT2D eigenvalue weighted by Gasteiger charge is 2.11. The van der Waals surface area contributed by atoms with Crippen LogP contribution in [0.1, 0.15) is 19.2 Å². The van der Waals surface area contributed by atoms with Crippen LogP contribution in [-0.2, 0) is 6.42 Å². The Morgan fingerprint density at radius 3 is 2.94 bits per heavy atom. The quantitative estimate of drug-likeness (QED) is 0.856. The van der Waals surface area contributed by atoms with Crippen molar-refractivity contribution < 1.29 is 4.42 Å². The van der Waals surface area contributed by atoms with Gasteiger partial charge in [-0.3, -0.25) is 0 Å². The van der Waals surface area contributed by atoms with Crippen LogP contribution >= 0.6 is 27.5 Å². The summed E-state index contributed by atoms with van der Waals surface area (Å²) >= 11 is 9.35. The molecule has 0 N–H and O–H groups in total. The van der Waals surface area contributed by atoms with Crippen LogP contribution in [0.25, 0.3) is 11.5 Å². The van der Waals surface area contributed by atoms with E-state index < -0.39 is 0 Å². The first-order valence-electron chi connectivity index (χ1n) is 4.98. The highest BCUT2D eigenvalue weighted by atomic mass is 79.9. The number of hydrogen-bond acceptors (Lipinski definition) is 3. The van der Waals surface area contributed by atoms with Crippen molar-refractivity contribution in [2.24, 2.45) is 0 Å². The maximum absolute atomic E-state index is 5.92. The SMILES string of the molecule is CCCc1nnc(-c2cc(Cl)ccc2Br)o1. The standard InChI is InChI=1S/C11H10BrClN2O/c1-2-3-10-14-15-11(16-10)8-6-7(13)4-5-9(8)12/h4-6H,2-3H2,1H3. The minimum Gasteiger partial charge on any atom is -0.421 e. The predicted octanol–water partition coefficient (Wildman–Crippen LogP) is 4.11. The molecule has 5 heteroatoms. The molecule has 1 heterocycles. The fourth-order valence-corrected chi connectivity index (χ4v) is 1.93. The van der Waals surface area contributed by atoms with Crippen LogP contribution < -0.4 is 0 Å². The van der Waals surface area contributed by atoms with Crippen LogP contribution in [-0.4, -0.2) is 10.2 Å². The van der Waals surface area contributed by atoms with Gasteiger partial charge in [-0.05, 0) is 40.5 Å². The van der Waals surface area contributed by atoms with Crippen LogP contribution in [0.3, 0.4) is 0 Å². The molecule has 0 saturated carbocycles. The second-order valence-electron chi connectivity index (χ2n) is 3.38. The summed E-state index contributed by atoms with van der Waals surface area (Å²) in [5.41, 5.74) is 0.822. The molecule has 16 heavy (non-hydrogen) atoms. The Hall–Kier alpha value is -0.870. The van der Waals surface area contributed by atoms with Crippen molar-refractivity contribution in [3.05, 3.63) is 33.6 Å². The van der Waals surface area contributed by atoms with Gasteiger partial charge in [-0.25, -0.2) is 0 Å². The van der Waals surface area contributed by atoms with E-state index in [1.54, 1.807) is 12.1 Å². The average molecular weight is 302 g/mol. The summed E-state index contributed by atoms with van der Waals surface area (Å²) in [4.78, 5) is 0. The fraction of sp³-hybridized carbons (Fsp3) is 0.273. The molecule has 0 aliphatic carbocycles. The maximum Gasteiger partial charge on any atom is 0.248 e. The maximum atomic E-state index is 5.92. The lowest BCUT2D eigenvalue weighted by Gasteiger charge is -1.99. The topological polar surface area (TPSA) is 38.9 Å². The fourth-order valence-electron chi connectivity index (χ4n) is 1.34. The molecule has 0 spiro atoms. The number of aryl methyl sites for hydroxylation is 1. The van der Waals surface area contributed by atoms with Crippen molar-refractivity contribution in [2.75, 3.05) is 0 Å². The highest BCUT2D eigenvalue weighted by molar-refractivity contribution is 9.10. The zero-order chi connectivity index (χ0) is 11.5. The third-order valence-electron chi connectivity index (χ3n) is 2.09. The largest absolute Gasteiger partial charge is 0.421 e. The summed E-state index contributed by atoms with van der Waals surface area (Å²) in [5, 5.41) is 8.62. The van der Waals surface area contributed by atoms with Crippen LogP contribution in [0.4, 0.5) is 0 Å². The van der Waals surface area contributed by atoms with Crippen molar-refractivity contribution >= 4 is 27.5 Å². The van der Waals surface area contributed by atoms with Gasteiger partial charge in [0, 0.05) is 15.9 Å². The molecule has 0 bridgehead atoms. The number of benzene rings is 1. The second kappa shape index (κ2) is 4.97.